The van der Waals surface area contributed by atoms with Crippen molar-refractivity contribution in [1.82, 2.24) is 14.6 Å². The number of carbonyl (C=O) groups is 1. The van der Waals surface area contributed by atoms with Crippen LogP contribution in [0.25, 0.3) is 44.9 Å². The summed E-state index contributed by atoms with van der Waals surface area (Å²) in [5, 5.41) is 5.40. The van der Waals surface area contributed by atoms with E-state index in [0.29, 0.717) is 38.2 Å². The summed E-state index contributed by atoms with van der Waals surface area (Å²) < 4.78 is 13.6. The molecule has 0 fully saturated rings. The number of furan rings is 2. The van der Waals surface area contributed by atoms with E-state index in [-0.39, 0.29) is 11.3 Å². The molecule has 0 amide bonds. The van der Waals surface area contributed by atoms with Gasteiger partial charge in [-0.05, 0) is 32.0 Å². The van der Waals surface area contributed by atoms with Crippen molar-refractivity contribution in [3.8, 4) is 22.9 Å². The van der Waals surface area contributed by atoms with E-state index < -0.39 is 0 Å². The zero-order valence-electron chi connectivity index (χ0n) is 18.2. The van der Waals surface area contributed by atoms with Gasteiger partial charge in [-0.2, -0.15) is 9.50 Å². The summed E-state index contributed by atoms with van der Waals surface area (Å²) in [6, 6.07) is 18.6. The van der Waals surface area contributed by atoms with E-state index in [1.165, 1.54) is 22.8 Å². The zero-order valence-corrected chi connectivity index (χ0v) is 19.1. The number of hydrogen-bond acceptors (Lipinski definition) is 7. The number of aryl methyl sites for hydroxylation is 1. The van der Waals surface area contributed by atoms with Crippen LogP contribution in [0.5, 0.6) is 0 Å². The summed E-state index contributed by atoms with van der Waals surface area (Å²) in [4.78, 5) is 29.4. The minimum Gasteiger partial charge on any atom is -0.457 e. The second kappa shape index (κ2) is 7.64. The van der Waals surface area contributed by atoms with E-state index in [2.05, 4.69) is 10.1 Å². The molecule has 0 unspecified atom stereocenters. The Kier molecular flexibility index (Phi) is 4.56. The molecule has 0 saturated carbocycles. The first kappa shape index (κ1) is 20.3. The van der Waals surface area contributed by atoms with Gasteiger partial charge in [-0.1, -0.05) is 53.8 Å². The van der Waals surface area contributed by atoms with Crippen LogP contribution in [0.1, 0.15) is 28.6 Å². The lowest BCUT2D eigenvalue weighted by Gasteiger charge is -1.98. The number of benzene rings is 2. The van der Waals surface area contributed by atoms with Crippen molar-refractivity contribution in [1.29, 1.82) is 0 Å². The van der Waals surface area contributed by atoms with Crippen molar-refractivity contribution < 1.29 is 13.6 Å². The predicted octanol–water partition coefficient (Wildman–Crippen LogP) is 4.88. The van der Waals surface area contributed by atoms with Crippen molar-refractivity contribution in [2.24, 2.45) is 0 Å². The summed E-state index contributed by atoms with van der Waals surface area (Å²) in [6.07, 6.45) is 1.68. The summed E-state index contributed by atoms with van der Waals surface area (Å²) in [5.41, 5.74) is 2.92. The Balaban J connectivity index is 1.35. The van der Waals surface area contributed by atoms with Gasteiger partial charge in [0.2, 0.25) is 10.8 Å². The second-order valence-electron chi connectivity index (χ2n) is 7.93. The van der Waals surface area contributed by atoms with Gasteiger partial charge in [-0.15, -0.1) is 5.10 Å². The molecule has 6 rings (SSSR count). The number of hydrogen-bond donors (Lipinski definition) is 0. The molecule has 0 N–H and O–H groups in total. The molecule has 4 aromatic heterocycles. The Morgan fingerprint density at radius 3 is 2.56 bits per heavy atom. The number of rotatable bonds is 4. The largest absolute Gasteiger partial charge is 0.457 e. The molecular weight excluding hydrogens is 450 g/mol. The normalized spacial score (nSPS) is 12.2. The molecule has 2 aromatic carbocycles. The Labute approximate surface area is 196 Å². The highest BCUT2D eigenvalue weighted by Crippen LogP contribution is 2.31. The highest BCUT2D eigenvalue weighted by molar-refractivity contribution is 7.15. The van der Waals surface area contributed by atoms with Crippen molar-refractivity contribution in [3.63, 3.8) is 0 Å². The molecule has 34 heavy (non-hydrogen) atoms. The van der Waals surface area contributed by atoms with E-state index >= 15 is 0 Å². The topological polar surface area (TPSA) is 90.6 Å². The lowest BCUT2D eigenvalue weighted by atomic mass is 10.1. The molecule has 8 heteroatoms. The first-order valence-corrected chi connectivity index (χ1v) is 11.4. The molecule has 0 atom stereocenters. The van der Waals surface area contributed by atoms with Gasteiger partial charge in [0.05, 0.1) is 0 Å². The van der Waals surface area contributed by atoms with E-state index in [1.54, 1.807) is 24.3 Å². The van der Waals surface area contributed by atoms with E-state index in [0.717, 1.165) is 22.1 Å². The van der Waals surface area contributed by atoms with Gasteiger partial charge in [0.25, 0.3) is 5.56 Å². The van der Waals surface area contributed by atoms with Crippen LogP contribution in [0, 0.1) is 6.92 Å². The van der Waals surface area contributed by atoms with Crippen LogP contribution in [0.15, 0.2) is 74.3 Å². The number of Topliss-reactive ketones (excluding diaryl/α,β-unsaturated/α-hetero) is 1. The maximum absolute atomic E-state index is 12.9. The molecule has 6 aromatic rings. The van der Waals surface area contributed by atoms with Crippen molar-refractivity contribution in [3.05, 3.63) is 92.4 Å². The highest BCUT2D eigenvalue weighted by Gasteiger charge is 2.19. The van der Waals surface area contributed by atoms with Gasteiger partial charge in [0, 0.05) is 28.2 Å². The maximum atomic E-state index is 12.9. The standard InChI is InChI=1S/C26H17N3O4S/c1-14-19-5-3-4-6-21(19)33-23(14)24-27-26-29(28-24)25(31)22(34-26)13-18-11-12-20(32-18)17-9-7-16(8-10-17)15(2)30/h3-13H,1-2H3. The molecule has 0 radical (unpaired) electrons. The van der Waals surface area contributed by atoms with Crippen LogP contribution in [-0.2, 0) is 0 Å². The van der Waals surface area contributed by atoms with Crippen molar-refractivity contribution in [2.75, 3.05) is 0 Å². The molecule has 0 bridgehead atoms. The lowest BCUT2D eigenvalue weighted by molar-refractivity contribution is 0.101. The molecule has 0 aliphatic rings. The van der Waals surface area contributed by atoms with Gasteiger partial charge in [-0.25, -0.2) is 0 Å². The van der Waals surface area contributed by atoms with Crippen molar-refractivity contribution in [2.45, 2.75) is 13.8 Å². The zero-order chi connectivity index (χ0) is 23.4. The first-order valence-electron chi connectivity index (χ1n) is 10.6. The average Bonchev–Trinajstić information content (AvgIpc) is 3.60. The fraction of sp³-hybridized carbons (Fsp3) is 0.0769. The third-order valence-electron chi connectivity index (χ3n) is 5.70. The Bertz CT molecular complexity index is 1820. The minimum absolute atomic E-state index is 0.0120. The Morgan fingerprint density at radius 2 is 1.82 bits per heavy atom. The van der Waals surface area contributed by atoms with Gasteiger partial charge >= 0.3 is 0 Å². The van der Waals surface area contributed by atoms with Gasteiger partial charge in [0.15, 0.2) is 11.5 Å². The van der Waals surface area contributed by atoms with Gasteiger partial charge < -0.3 is 8.83 Å². The summed E-state index contributed by atoms with van der Waals surface area (Å²) >= 11 is 1.24. The molecule has 166 valence electrons. The quantitative estimate of drug-likeness (QED) is 0.343. The number of aromatic nitrogens is 3. The minimum atomic E-state index is -0.267. The van der Waals surface area contributed by atoms with Crippen LogP contribution >= 0.6 is 11.3 Å². The number of para-hydroxylation sites is 1. The van der Waals surface area contributed by atoms with E-state index in [4.69, 9.17) is 8.83 Å². The fourth-order valence-corrected chi connectivity index (χ4v) is 4.79. The van der Waals surface area contributed by atoms with Gasteiger partial charge in [0.1, 0.15) is 21.6 Å². The fourth-order valence-electron chi connectivity index (χ4n) is 3.90. The van der Waals surface area contributed by atoms with Gasteiger partial charge in [-0.3, -0.25) is 9.59 Å². The summed E-state index contributed by atoms with van der Waals surface area (Å²) in [6.45, 7) is 3.48. The van der Waals surface area contributed by atoms with Crippen molar-refractivity contribution >= 4 is 39.1 Å². The van der Waals surface area contributed by atoms with Crippen LogP contribution in [0.3, 0.4) is 0 Å². The number of fused-ring (bicyclic) bond motifs is 2. The van der Waals surface area contributed by atoms with Crippen LogP contribution in [0.4, 0.5) is 0 Å². The Morgan fingerprint density at radius 1 is 1.03 bits per heavy atom. The summed E-state index contributed by atoms with van der Waals surface area (Å²) in [7, 11) is 0. The number of nitrogens with zero attached hydrogens (tertiary/aromatic N) is 3. The van der Waals surface area contributed by atoms with E-state index in [1.807, 2.05) is 49.4 Å². The second-order valence-corrected chi connectivity index (χ2v) is 8.94. The predicted molar refractivity (Wildman–Crippen MR) is 130 cm³/mol. The molecular formula is C26H17N3O4S. The Hall–Kier alpha value is -4.30. The first-order chi connectivity index (χ1) is 16.5. The molecule has 0 aliphatic heterocycles. The molecule has 0 aliphatic carbocycles. The monoisotopic (exact) mass is 467 g/mol. The van der Waals surface area contributed by atoms with Crippen LogP contribution in [0.2, 0.25) is 0 Å². The number of thiazole rings is 1. The summed E-state index contributed by atoms with van der Waals surface area (Å²) in [5.74, 6) is 2.15. The maximum Gasteiger partial charge on any atom is 0.291 e. The molecule has 0 saturated heterocycles. The SMILES string of the molecule is CC(=O)c1ccc(-c2ccc(C=c3sc4nc(-c5oc6ccccc6c5C)nn4c3=O)o2)cc1. The third kappa shape index (κ3) is 3.27. The average molecular weight is 468 g/mol. The van der Waals surface area contributed by atoms with E-state index in [9.17, 15) is 9.59 Å². The smallest absolute Gasteiger partial charge is 0.291 e. The lowest BCUT2D eigenvalue weighted by Crippen LogP contribution is -2.23. The van der Waals surface area contributed by atoms with Crippen LogP contribution < -0.4 is 10.1 Å². The number of ketones is 1. The highest BCUT2D eigenvalue weighted by atomic mass is 32.1. The molecule has 7 nitrogen and oxygen atoms in total. The third-order valence-corrected chi connectivity index (χ3v) is 6.66. The number of carbonyl (C=O) groups excluding carboxylic acids is 1. The molecule has 0 spiro atoms. The molecule has 4 heterocycles. The van der Waals surface area contributed by atoms with Crippen LogP contribution in [-0.4, -0.2) is 20.4 Å².